The fraction of sp³-hybridized carbons (Fsp3) is 0.304. The topological polar surface area (TPSA) is 188 Å². The van der Waals surface area contributed by atoms with Crippen LogP contribution in [0.5, 0.6) is 0 Å². The number of carbonyl (C=O) groups excluding carboxylic acids is 1. The Hall–Kier alpha value is -3.80. The van der Waals surface area contributed by atoms with E-state index in [1.807, 2.05) is 18.3 Å². The van der Waals surface area contributed by atoms with Crippen LogP contribution in [0.25, 0.3) is 16.6 Å². The third-order valence-corrected chi connectivity index (χ3v) is 5.53. The lowest BCUT2D eigenvalue weighted by Crippen LogP contribution is -2.39. The number of carboxylic acid groups (broad SMARTS) is 2. The molecule has 1 aliphatic heterocycles. The molecule has 0 bridgehead atoms. The molecule has 34 heavy (non-hydrogen) atoms. The van der Waals surface area contributed by atoms with E-state index in [2.05, 4.69) is 34.7 Å². The van der Waals surface area contributed by atoms with Crippen LogP contribution in [0.4, 0.5) is 0 Å². The summed E-state index contributed by atoms with van der Waals surface area (Å²) >= 11 is 0. The van der Waals surface area contributed by atoms with Crippen molar-refractivity contribution in [3.05, 3.63) is 59.8 Å². The summed E-state index contributed by atoms with van der Waals surface area (Å²) < 4.78 is 1.81. The number of aliphatic hydroxyl groups is 2. The highest BCUT2D eigenvalue weighted by Crippen LogP contribution is 2.25. The number of aliphatic carboxylic acids is 2. The highest BCUT2D eigenvalue weighted by Gasteiger charge is 2.29. The van der Waals surface area contributed by atoms with Gasteiger partial charge in [-0.2, -0.15) is 5.10 Å². The lowest BCUT2D eigenvalue weighted by molar-refractivity contribution is -0.165. The van der Waals surface area contributed by atoms with Crippen LogP contribution in [-0.2, 0) is 9.59 Å². The SMILES string of the molecule is NC(=O)c1cccc2cn(-c3ccc([C@@H]4CCCNC4)cc3)nc12.O=C(O)[C@H](O)[C@@H](O)C(=O)O. The number of hydrogen-bond acceptors (Lipinski definition) is 7. The first-order valence-electron chi connectivity index (χ1n) is 10.6. The molecule has 1 amide bonds. The van der Waals surface area contributed by atoms with Gasteiger partial charge in [-0.25, -0.2) is 14.3 Å². The van der Waals surface area contributed by atoms with Gasteiger partial charge in [-0.15, -0.1) is 0 Å². The number of nitrogens with one attached hydrogen (secondary N) is 1. The summed E-state index contributed by atoms with van der Waals surface area (Å²) in [5.74, 6) is -3.40. The molecule has 0 unspecified atom stereocenters. The van der Waals surface area contributed by atoms with Gasteiger partial charge in [0.15, 0.2) is 12.2 Å². The van der Waals surface area contributed by atoms with Crippen LogP contribution in [-0.4, -0.2) is 73.3 Å². The van der Waals surface area contributed by atoms with Crippen LogP contribution in [0.2, 0.25) is 0 Å². The second kappa shape index (κ2) is 10.9. The zero-order chi connectivity index (χ0) is 24.8. The summed E-state index contributed by atoms with van der Waals surface area (Å²) in [5.41, 5.74) is 8.88. The molecule has 3 aromatic rings. The summed E-state index contributed by atoms with van der Waals surface area (Å²) in [7, 11) is 0. The number of primary amides is 1. The Morgan fingerprint density at radius 2 is 1.68 bits per heavy atom. The molecule has 2 heterocycles. The van der Waals surface area contributed by atoms with Crippen molar-refractivity contribution in [1.29, 1.82) is 0 Å². The average Bonchev–Trinajstić information content (AvgIpc) is 3.28. The molecular formula is C23H26N4O7. The van der Waals surface area contributed by atoms with Gasteiger partial charge in [-0.05, 0) is 49.1 Å². The summed E-state index contributed by atoms with van der Waals surface area (Å²) in [6.07, 6.45) is -0.138. The largest absolute Gasteiger partial charge is 0.479 e. The highest BCUT2D eigenvalue weighted by molar-refractivity contribution is 6.04. The predicted molar refractivity (Wildman–Crippen MR) is 122 cm³/mol. The molecule has 11 heteroatoms. The van der Waals surface area contributed by atoms with E-state index in [4.69, 9.17) is 26.2 Å². The van der Waals surface area contributed by atoms with Gasteiger partial charge >= 0.3 is 11.9 Å². The molecule has 0 spiro atoms. The van der Waals surface area contributed by atoms with Crippen LogP contribution in [0.3, 0.4) is 0 Å². The lowest BCUT2D eigenvalue weighted by atomic mass is 9.92. The van der Waals surface area contributed by atoms with Crippen molar-refractivity contribution in [2.45, 2.75) is 31.0 Å². The van der Waals surface area contributed by atoms with Crippen molar-refractivity contribution in [2.75, 3.05) is 13.1 Å². The van der Waals surface area contributed by atoms with Crippen LogP contribution < -0.4 is 11.1 Å². The lowest BCUT2D eigenvalue weighted by Gasteiger charge is -2.23. The number of amides is 1. The first-order valence-corrected chi connectivity index (χ1v) is 10.6. The minimum absolute atomic E-state index is 0.453. The number of nitrogens with two attached hydrogens (primary N) is 1. The van der Waals surface area contributed by atoms with Gasteiger partial charge in [-0.3, -0.25) is 4.79 Å². The molecule has 0 saturated carbocycles. The van der Waals surface area contributed by atoms with Gasteiger partial charge in [0.2, 0.25) is 0 Å². The summed E-state index contributed by atoms with van der Waals surface area (Å²) in [6.45, 7) is 2.17. The van der Waals surface area contributed by atoms with Crippen LogP contribution in [0.15, 0.2) is 48.7 Å². The second-order valence-electron chi connectivity index (χ2n) is 7.88. The van der Waals surface area contributed by atoms with E-state index in [9.17, 15) is 14.4 Å². The number of aromatic nitrogens is 2. The van der Waals surface area contributed by atoms with E-state index in [0.29, 0.717) is 17.0 Å². The molecule has 1 aromatic heterocycles. The number of nitrogens with zero attached hydrogens (tertiary/aromatic N) is 2. The molecule has 0 aliphatic carbocycles. The number of hydrogen-bond donors (Lipinski definition) is 6. The van der Waals surface area contributed by atoms with Crippen LogP contribution in [0.1, 0.15) is 34.7 Å². The molecule has 180 valence electrons. The van der Waals surface area contributed by atoms with E-state index in [0.717, 1.165) is 24.2 Å². The first-order chi connectivity index (χ1) is 16.2. The quantitative estimate of drug-likeness (QED) is 0.297. The Labute approximate surface area is 194 Å². The number of fused-ring (bicyclic) bond motifs is 1. The summed E-state index contributed by atoms with van der Waals surface area (Å²) in [6, 6.07) is 14.0. The van der Waals surface area contributed by atoms with Crippen molar-refractivity contribution in [1.82, 2.24) is 15.1 Å². The zero-order valence-corrected chi connectivity index (χ0v) is 18.2. The third-order valence-electron chi connectivity index (χ3n) is 5.53. The monoisotopic (exact) mass is 470 g/mol. The number of rotatable bonds is 6. The molecule has 4 rings (SSSR count). The number of aliphatic hydroxyl groups excluding tert-OH is 2. The summed E-state index contributed by atoms with van der Waals surface area (Å²) in [4.78, 5) is 31.1. The first kappa shape index (κ1) is 24.8. The van der Waals surface area contributed by atoms with E-state index in [1.54, 1.807) is 10.7 Å². The summed E-state index contributed by atoms with van der Waals surface area (Å²) in [5, 5.41) is 41.4. The Morgan fingerprint density at radius 3 is 2.21 bits per heavy atom. The molecular weight excluding hydrogens is 444 g/mol. The molecule has 7 N–H and O–H groups in total. The number of carboxylic acids is 2. The molecule has 3 atom stereocenters. The van der Waals surface area contributed by atoms with Gasteiger partial charge in [0.25, 0.3) is 5.91 Å². The van der Waals surface area contributed by atoms with E-state index in [-0.39, 0.29) is 0 Å². The van der Waals surface area contributed by atoms with E-state index >= 15 is 0 Å². The van der Waals surface area contributed by atoms with E-state index < -0.39 is 30.1 Å². The Morgan fingerprint density at radius 1 is 1.03 bits per heavy atom. The molecule has 1 fully saturated rings. The van der Waals surface area contributed by atoms with Gasteiger partial charge in [0.1, 0.15) is 5.52 Å². The molecule has 1 aliphatic rings. The maximum Gasteiger partial charge on any atom is 0.335 e. The second-order valence-corrected chi connectivity index (χ2v) is 7.88. The maximum absolute atomic E-state index is 11.5. The minimum atomic E-state index is -2.27. The molecule has 2 aromatic carbocycles. The van der Waals surface area contributed by atoms with Gasteiger partial charge < -0.3 is 31.5 Å². The third kappa shape index (κ3) is 5.76. The number of benzene rings is 2. The smallest absolute Gasteiger partial charge is 0.335 e. The number of carbonyl (C=O) groups is 3. The average molecular weight is 470 g/mol. The predicted octanol–water partition coefficient (Wildman–Crippen LogP) is 0.469. The van der Waals surface area contributed by atoms with Gasteiger partial charge in [0, 0.05) is 18.1 Å². The number of piperidine rings is 1. The fourth-order valence-electron chi connectivity index (χ4n) is 3.68. The molecule has 0 radical (unpaired) electrons. The molecule has 1 saturated heterocycles. The van der Waals surface area contributed by atoms with Crippen LogP contribution in [0, 0.1) is 0 Å². The van der Waals surface area contributed by atoms with Crippen LogP contribution >= 0.6 is 0 Å². The van der Waals surface area contributed by atoms with Gasteiger partial charge in [-0.1, -0.05) is 24.3 Å². The van der Waals surface area contributed by atoms with E-state index in [1.165, 1.54) is 18.4 Å². The fourth-order valence-corrected chi connectivity index (χ4v) is 3.68. The standard InChI is InChI=1S/C19H20N4O.C4H6O6/c20-19(24)17-5-1-3-15-12-23(22-18(15)17)16-8-6-13(7-9-16)14-4-2-10-21-11-14;5-1(3(7)8)2(6)4(9)10/h1,3,5-9,12,14,21H,2,4,10-11H2,(H2,20,24);1-2,5-6H,(H,7,8)(H,9,10)/t14-;1-,2-/m11/s1. The minimum Gasteiger partial charge on any atom is -0.479 e. The zero-order valence-electron chi connectivity index (χ0n) is 18.2. The van der Waals surface area contributed by atoms with Crippen molar-refractivity contribution >= 4 is 28.7 Å². The Bertz CT molecular complexity index is 1150. The molecule has 11 nitrogen and oxygen atoms in total. The Balaban J connectivity index is 0.000000277. The Kier molecular flexibility index (Phi) is 7.95. The van der Waals surface area contributed by atoms with Crippen molar-refractivity contribution < 1.29 is 34.8 Å². The van der Waals surface area contributed by atoms with Crippen molar-refractivity contribution in [2.24, 2.45) is 5.73 Å². The highest BCUT2D eigenvalue weighted by atomic mass is 16.4. The normalized spacial score (nSPS) is 17.3. The van der Waals surface area contributed by atoms with Crippen molar-refractivity contribution in [3.63, 3.8) is 0 Å². The maximum atomic E-state index is 11.5. The van der Waals surface area contributed by atoms with Gasteiger partial charge in [0.05, 0.1) is 11.3 Å². The van der Waals surface area contributed by atoms with Crippen molar-refractivity contribution in [3.8, 4) is 5.69 Å².